The Balaban J connectivity index is 1.88. The van der Waals surface area contributed by atoms with Crippen LogP contribution in [0.15, 0.2) is 23.1 Å². The number of methoxy groups -OCH3 is 1. The molecule has 2 fully saturated rings. The Morgan fingerprint density at radius 2 is 1.85 bits per heavy atom. The Bertz CT molecular complexity index is 822. The van der Waals surface area contributed by atoms with Gasteiger partial charge in [0.25, 0.3) is 0 Å². The number of alkyl halides is 2. The fourth-order valence-corrected chi connectivity index (χ4v) is 5.36. The Hall–Kier alpha value is -1.02. The summed E-state index contributed by atoms with van der Waals surface area (Å²) in [4.78, 5) is 12.7. The van der Waals surface area contributed by atoms with Gasteiger partial charge in [0.1, 0.15) is 10.1 Å². The number of ether oxygens (including phenoxy) is 1. The topological polar surface area (TPSA) is 75.7 Å². The monoisotopic (exact) mass is 420 g/mol. The molecule has 1 aromatic rings. The molecule has 6 nitrogen and oxygen atoms in total. The van der Waals surface area contributed by atoms with Gasteiger partial charge in [-0.3, -0.25) is 4.79 Å². The summed E-state index contributed by atoms with van der Waals surface area (Å²) in [7, 11) is -2.16. The first-order valence-electron chi connectivity index (χ1n) is 8.49. The zero-order chi connectivity index (χ0) is 19.2. The van der Waals surface area contributed by atoms with E-state index in [1.54, 1.807) is 6.92 Å². The molecule has 0 aromatic heterocycles. The van der Waals surface area contributed by atoms with Crippen LogP contribution in [-0.2, 0) is 14.8 Å². The summed E-state index contributed by atoms with van der Waals surface area (Å²) in [6, 6.07) is 4.46. The number of hydrogen-bond donors (Lipinski definition) is 1. The van der Waals surface area contributed by atoms with Crippen molar-refractivity contribution in [2.75, 3.05) is 25.5 Å². The average Bonchev–Trinajstić information content (AvgIpc) is 3.15. The summed E-state index contributed by atoms with van der Waals surface area (Å²) < 4.78 is 31.4. The number of nitrogens with zero attached hydrogens (tertiary/aromatic N) is 1. The number of hydrogen-bond acceptors (Lipinski definition) is 4. The molecule has 1 saturated carbocycles. The van der Waals surface area contributed by atoms with E-state index in [2.05, 4.69) is 5.32 Å². The fraction of sp³-hybridized carbons (Fsp3) is 0.588. The Morgan fingerprint density at radius 1 is 1.23 bits per heavy atom. The first-order valence-corrected chi connectivity index (χ1v) is 10.7. The zero-order valence-corrected chi connectivity index (χ0v) is 17.0. The molecule has 1 atom stereocenters. The highest BCUT2D eigenvalue weighted by Crippen LogP contribution is 2.64. The van der Waals surface area contributed by atoms with Gasteiger partial charge in [-0.1, -0.05) is 6.42 Å². The predicted molar refractivity (Wildman–Crippen MR) is 101 cm³/mol. The molecular weight excluding hydrogens is 399 g/mol. The SMILES string of the molecule is COc1ccc(S(=O)(=O)N2CCCCC2)cc1NC(=O)C1(C)CC1(Cl)Cl. The lowest BCUT2D eigenvalue weighted by atomic mass is 10.1. The maximum absolute atomic E-state index is 12.9. The lowest BCUT2D eigenvalue weighted by Crippen LogP contribution is -2.35. The normalized spacial score (nSPS) is 25.5. The molecule has 1 aromatic carbocycles. The minimum Gasteiger partial charge on any atom is -0.495 e. The minimum absolute atomic E-state index is 0.125. The van der Waals surface area contributed by atoms with Gasteiger partial charge in [0.05, 0.1) is 23.1 Å². The first kappa shape index (κ1) is 19.7. The fourth-order valence-electron chi connectivity index (χ4n) is 3.11. The standard InChI is InChI=1S/C17H22Cl2N2O4S/c1-16(11-17(16,18)19)15(22)20-13-10-12(6-7-14(13)25-2)26(23,24)21-8-4-3-5-9-21/h6-7,10H,3-5,8-9,11H2,1-2H3,(H,20,22). The molecule has 1 aliphatic heterocycles. The second kappa shape index (κ2) is 6.86. The van der Waals surface area contributed by atoms with E-state index in [9.17, 15) is 13.2 Å². The molecule has 144 valence electrons. The van der Waals surface area contributed by atoms with Crippen molar-refractivity contribution >= 4 is 44.8 Å². The van der Waals surface area contributed by atoms with Crippen LogP contribution in [0.2, 0.25) is 0 Å². The summed E-state index contributed by atoms with van der Waals surface area (Å²) in [5, 5.41) is 2.72. The van der Waals surface area contributed by atoms with Crippen LogP contribution >= 0.6 is 23.2 Å². The molecule has 0 bridgehead atoms. The number of piperidine rings is 1. The second-order valence-corrected chi connectivity index (χ2v) is 10.4. The van der Waals surface area contributed by atoms with Crippen molar-refractivity contribution in [3.8, 4) is 5.75 Å². The van der Waals surface area contributed by atoms with Crippen LogP contribution in [0, 0.1) is 5.41 Å². The first-order chi connectivity index (χ1) is 12.1. The van der Waals surface area contributed by atoms with Gasteiger partial charge >= 0.3 is 0 Å². The molecular formula is C17H22Cl2N2O4S. The molecule has 1 aliphatic carbocycles. The maximum atomic E-state index is 12.9. The lowest BCUT2D eigenvalue weighted by Gasteiger charge is -2.26. The highest BCUT2D eigenvalue weighted by Gasteiger charge is 2.68. The van der Waals surface area contributed by atoms with Gasteiger partial charge < -0.3 is 10.1 Å². The van der Waals surface area contributed by atoms with Crippen molar-refractivity contribution in [2.24, 2.45) is 5.41 Å². The Kier molecular flexibility index (Phi) is 5.20. The lowest BCUT2D eigenvalue weighted by molar-refractivity contribution is -0.120. The van der Waals surface area contributed by atoms with Gasteiger partial charge in [0.2, 0.25) is 15.9 Å². The number of nitrogens with one attached hydrogen (secondary N) is 1. The molecule has 3 rings (SSSR count). The number of amides is 1. The molecule has 1 amide bonds. The van der Waals surface area contributed by atoms with E-state index < -0.39 is 19.8 Å². The van der Waals surface area contributed by atoms with Crippen LogP contribution in [-0.4, -0.2) is 43.2 Å². The largest absolute Gasteiger partial charge is 0.495 e. The third-order valence-electron chi connectivity index (χ3n) is 5.13. The van der Waals surface area contributed by atoms with Gasteiger partial charge in [0.15, 0.2) is 0 Å². The van der Waals surface area contributed by atoms with Crippen molar-refractivity contribution < 1.29 is 17.9 Å². The van der Waals surface area contributed by atoms with Crippen molar-refractivity contribution in [3.05, 3.63) is 18.2 Å². The van der Waals surface area contributed by atoms with Gasteiger partial charge in [-0.2, -0.15) is 4.31 Å². The number of rotatable bonds is 5. The Labute approximate surface area is 163 Å². The molecule has 26 heavy (non-hydrogen) atoms. The van der Waals surface area contributed by atoms with E-state index in [4.69, 9.17) is 27.9 Å². The summed E-state index contributed by atoms with van der Waals surface area (Å²) in [5.74, 6) is 0.00302. The van der Waals surface area contributed by atoms with Crippen LogP contribution in [0.1, 0.15) is 32.6 Å². The third kappa shape index (κ3) is 3.42. The predicted octanol–water partition coefficient (Wildman–Crippen LogP) is 3.39. The van der Waals surface area contributed by atoms with Crippen LogP contribution in [0.5, 0.6) is 5.75 Å². The van der Waals surface area contributed by atoms with E-state index >= 15 is 0 Å². The highest BCUT2D eigenvalue weighted by molar-refractivity contribution is 7.89. The molecule has 0 spiro atoms. The van der Waals surface area contributed by atoms with Crippen molar-refractivity contribution in [2.45, 2.75) is 41.8 Å². The van der Waals surface area contributed by atoms with E-state index in [-0.39, 0.29) is 16.5 Å². The zero-order valence-electron chi connectivity index (χ0n) is 14.7. The van der Waals surface area contributed by atoms with Crippen molar-refractivity contribution in [3.63, 3.8) is 0 Å². The molecule has 1 saturated heterocycles. The number of benzene rings is 1. The van der Waals surface area contributed by atoms with Crippen LogP contribution in [0.3, 0.4) is 0 Å². The molecule has 1 unspecified atom stereocenters. The molecule has 0 radical (unpaired) electrons. The highest BCUT2D eigenvalue weighted by atomic mass is 35.5. The summed E-state index contributed by atoms with van der Waals surface area (Å²) in [6.07, 6.45) is 3.08. The number of carbonyl (C=O) groups is 1. The molecule has 2 aliphatic rings. The minimum atomic E-state index is -3.61. The smallest absolute Gasteiger partial charge is 0.243 e. The van der Waals surface area contributed by atoms with E-state index in [1.165, 1.54) is 29.6 Å². The molecule has 1 heterocycles. The van der Waals surface area contributed by atoms with Gasteiger partial charge in [-0.05, 0) is 44.4 Å². The van der Waals surface area contributed by atoms with E-state index in [0.717, 1.165) is 19.3 Å². The van der Waals surface area contributed by atoms with Gasteiger partial charge in [0, 0.05) is 13.1 Å². The summed E-state index contributed by atoms with van der Waals surface area (Å²) >= 11 is 12.1. The van der Waals surface area contributed by atoms with Gasteiger partial charge in [-0.25, -0.2) is 8.42 Å². The van der Waals surface area contributed by atoms with E-state index in [0.29, 0.717) is 25.3 Å². The average molecular weight is 421 g/mol. The Morgan fingerprint density at radius 3 is 2.38 bits per heavy atom. The van der Waals surface area contributed by atoms with Crippen molar-refractivity contribution in [1.29, 1.82) is 0 Å². The van der Waals surface area contributed by atoms with Crippen LogP contribution < -0.4 is 10.1 Å². The summed E-state index contributed by atoms with van der Waals surface area (Å²) in [6.45, 7) is 2.69. The maximum Gasteiger partial charge on any atom is 0.243 e. The number of anilines is 1. The van der Waals surface area contributed by atoms with Crippen molar-refractivity contribution in [1.82, 2.24) is 4.31 Å². The molecule has 9 heteroatoms. The van der Waals surface area contributed by atoms with Crippen LogP contribution in [0.25, 0.3) is 0 Å². The second-order valence-electron chi connectivity index (χ2n) is 6.99. The third-order valence-corrected chi connectivity index (χ3v) is 8.13. The number of carbonyl (C=O) groups excluding carboxylic acids is 1. The van der Waals surface area contributed by atoms with Gasteiger partial charge in [-0.15, -0.1) is 23.2 Å². The number of sulfonamides is 1. The quantitative estimate of drug-likeness (QED) is 0.740. The van der Waals surface area contributed by atoms with E-state index in [1.807, 2.05) is 0 Å². The van der Waals surface area contributed by atoms with Crippen LogP contribution in [0.4, 0.5) is 5.69 Å². The molecule has 1 N–H and O–H groups in total. The summed E-state index contributed by atoms with van der Waals surface area (Å²) in [5.41, 5.74) is -0.629. The number of halogens is 2.